The standard InChI is InChI=1S/C15H20ClN3S/c1-10-5-4-6-13(7-10)20-9-12(17)8-14-11(2)18-19(3)15(14)16/h4-7,12H,8-9,17H2,1-3H3. The fourth-order valence-electron chi connectivity index (χ4n) is 2.14. The Bertz CT molecular complexity index is 595. The molecule has 1 unspecified atom stereocenters. The number of thioether (sulfide) groups is 1. The van der Waals surface area contributed by atoms with Crippen LogP contribution in [0.5, 0.6) is 0 Å². The van der Waals surface area contributed by atoms with Gasteiger partial charge in [0.15, 0.2) is 0 Å². The molecular formula is C15H20ClN3S. The third-order valence-electron chi connectivity index (χ3n) is 3.19. The van der Waals surface area contributed by atoms with Gasteiger partial charge in [0.05, 0.1) is 5.69 Å². The molecule has 0 fully saturated rings. The molecule has 5 heteroatoms. The van der Waals surface area contributed by atoms with Gasteiger partial charge in [-0.15, -0.1) is 11.8 Å². The zero-order chi connectivity index (χ0) is 14.7. The molecule has 0 aliphatic carbocycles. The fourth-order valence-corrected chi connectivity index (χ4v) is 3.36. The monoisotopic (exact) mass is 309 g/mol. The highest BCUT2D eigenvalue weighted by Crippen LogP contribution is 2.23. The molecule has 1 aromatic carbocycles. The molecule has 0 radical (unpaired) electrons. The van der Waals surface area contributed by atoms with Crippen molar-refractivity contribution in [3.63, 3.8) is 0 Å². The van der Waals surface area contributed by atoms with Crippen molar-refractivity contribution in [1.82, 2.24) is 9.78 Å². The van der Waals surface area contributed by atoms with Crippen molar-refractivity contribution in [2.45, 2.75) is 31.2 Å². The second-order valence-corrected chi connectivity index (χ2v) is 6.52. The first-order chi connectivity index (χ1) is 9.47. The van der Waals surface area contributed by atoms with Crippen molar-refractivity contribution in [1.29, 1.82) is 0 Å². The summed E-state index contributed by atoms with van der Waals surface area (Å²) in [5.41, 5.74) is 9.52. The first-order valence-corrected chi connectivity index (χ1v) is 7.96. The lowest BCUT2D eigenvalue weighted by atomic mass is 10.1. The number of nitrogens with two attached hydrogens (primary N) is 1. The largest absolute Gasteiger partial charge is 0.327 e. The Labute approximate surface area is 129 Å². The van der Waals surface area contributed by atoms with Crippen molar-refractivity contribution < 1.29 is 0 Å². The van der Waals surface area contributed by atoms with Gasteiger partial charge in [0, 0.05) is 29.3 Å². The van der Waals surface area contributed by atoms with E-state index in [1.54, 1.807) is 16.4 Å². The summed E-state index contributed by atoms with van der Waals surface area (Å²) in [7, 11) is 1.85. The van der Waals surface area contributed by atoms with Crippen LogP contribution in [0.1, 0.15) is 16.8 Å². The lowest BCUT2D eigenvalue weighted by molar-refractivity contribution is 0.743. The minimum absolute atomic E-state index is 0.0703. The molecule has 2 rings (SSSR count). The summed E-state index contributed by atoms with van der Waals surface area (Å²) in [5.74, 6) is 0.869. The van der Waals surface area contributed by atoms with Crippen LogP contribution < -0.4 is 5.73 Å². The molecule has 1 atom stereocenters. The zero-order valence-corrected chi connectivity index (χ0v) is 13.6. The number of halogens is 1. The summed E-state index contributed by atoms with van der Waals surface area (Å²) in [6.45, 7) is 4.07. The molecule has 0 amide bonds. The van der Waals surface area contributed by atoms with E-state index in [9.17, 15) is 0 Å². The smallest absolute Gasteiger partial charge is 0.130 e. The Hall–Kier alpha value is -0.970. The number of aryl methyl sites for hydroxylation is 3. The van der Waals surface area contributed by atoms with Gasteiger partial charge in [0.2, 0.25) is 0 Å². The van der Waals surface area contributed by atoms with Crippen LogP contribution in [0.2, 0.25) is 5.15 Å². The van der Waals surface area contributed by atoms with Gasteiger partial charge in [-0.3, -0.25) is 4.68 Å². The lowest BCUT2D eigenvalue weighted by Gasteiger charge is -2.11. The Morgan fingerprint density at radius 3 is 2.75 bits per heavy atom. The van der Waals surface area contributed by atoms with Gasteiger partial charge >= 0.3 is 0 Å². The van der Waals surface area contributed by atoms with E-state index in [1.807, 2.05) is 14.0 Å². The van der Waals surface area contributed by atoms with Crippen LogP contribution in [0.25, 0.3) is 0 Å². The quantitative estimate of drug-likeness (QED) is 0.861. The van der Waals surface area contributed by atoms with Crippen LogP contribution in [0.3, 0.4) is 0 Å². The Balaban J connectivity index is 1.94. The van der Waals surface area contributed by atoms with Crippen molar-refractivity contribution in [2.75, 3.05) is 5.75 Å². The highest BCUT2D eigenvalue weighted by molar-refractivity contribution is 7.99. The number of aromatic nitrogens is 2. The van der Waals surface area contributed by atoms with E-state index in [2.05, 4.69) is 36.3 Å². The number of rotatable bonds is 5. The minimum Gasteiger partial charge on any atom is -0.327 e. The van der Waals surface area contributed by atoms with Crippen LogP contribution in [0.4, 0.5) is 0 Å². The predicted octanol–water partition coefficient (Wildman–Crippen LogP) is 3.35. The molecule has 20 heavy (non-hydrogen) atoms. The summed E-state index contributed by atoms with van der Waals surface area (Å²) >= 11 is 8.02. The van der Waals surface area contributed by atoms with Gasteiger partial charge in [-0.05, 0) is 32.4 Å². The van der Waals surface area contributed by atoms with Gasteiger partial charge < -0.3 is 5.73 Å². The Morgan fingerprint density at radius 1 is 1.40 bits per heavy atom. The van der Waals surface area contributed by atoms with Crippen molar-refractivity contribution >= 4 is 23.4 Å². The van der Waals surface area contributed by atoms with Gasteiger partial charge in [0.25, 0.3) is 0 Å². The second kappa shape index (κ2) is 6.66. The lowest BCUT2D eigenvalue weighted by Crippen LogP contribution is -2.25. The Morgan fingerprint density at radius 2 is 2.15 bits per heavy atom. The molecule has 1 heterocycles. The summed E-state index contributed by atoms with van der Waals surface area (Å²) in [6, 6.07) is 8.54. The van der Waals surface area contributed by atoms with Crippen LogP contribution in [0, 0.1) is 13.8 Å². The average molecular weight is 310 g/mol. The van der Waals surface area contributed by atoms with E-state index in [4.69, 9.17) is 17.3 Å². The normalized spacial score (nSPS) is 12.7. The van der Waals surface area contributed by atoms with Crippen LogP contribution in [0.15, 0.2) is 29.2 Å². The van der Waals surface area contributed by atoms with Crippen molar-refractivity contribution in [3.05, 3.63) is 46.2 Å². The van der Waals surface area contributed by atoms with Crippen molar-refractivity contribution in [3.8, 4) is 0 Å². The number of nitrogens with zero attached hydrogens (tertiary/aromatic N) is 2. The predicted molar refractivity (Wildman–Crippen MR) is 86.5 cm³/mol. The summed E-state index contributed by atoms with van der Waals surface area (Å²) in [5, 5.41) is 5.01. The van der Waals surface area contributed by atoms with Gasteiger partial charge in [-0.25, -0.2) is 0 Å². The fraction of sp³-hybridized carbons (Fsp3) is 0.400. The van der Waals surface area contributed by atoms with Crippen molar-refractivity contribution in [2.24, 2.45) is 12.8 Å². The molecule has 108 valence electrons. The molecule has 0 bridgehead atoms. The highest BCUT2D eigenvalue weighted by Gasteiger charge is 2.14. The third kappa shape index (κ3) is 3.78. The van der Waals surface area contributed by atoms with Crippen LogP contribution >= 0.6 is 23.4 Å². The number of benzene rings is 1. The van der Waals surface area contributed by atoms with Gasteiger partial charge in [0.1, 0.15) is 5.15 Å². The summed E-state index contributed by atoms with van der Waals surface area (Å²) < 4.78 is 1.70. The summed E-state index contributed by atoms with van der Waals surface area (Å²) in [6.07, 6.45) is 0.761. The van der Waals surface area contributed by atoms with E-state index in [0.717, 1.165) is 23.4 Å². The molecular weight excluding hydrogens is 290 g/mol. The molecule has 0 spiro atoms. The highest BCUT2D eigenvalue weighted by atomic mass is 35.5. The van der Waals surface area contributed by atoms with E-state index >= 15 is 0 Å². The van der Waals surface area contributed by atoms with E-state index in [0.29, 0.717) is 5.15 Å². The maximum absolute atomic E-state index is 6.23. The molecule has 2 aromatic rings. The van der Waals surface area contributed by atoms with E-state index in [-0.39, 0.29) is 6.04 Å². The molecule has 0 aliphatic rings. The first kappa shape index (κ1) is 15.4. The molecule has 3 nitrogen and oxygen atoms in total. The Kier molecular flexibility index (Phi) is 5.13. The molecule has 0 aliphatic heterocycles. The first-order valence-electron chi connectivity index (χ1n) is 6.60. The van der Waals surface area contributed by atoms with Gasteiger partial charge in [-0.1, -0.05) is 29.3 Å². The average Bonchev–Trinajstić information content (AvgIpc) is 2.63. The topological polar surface area (TPSA) is 43.8 Å². The molecule has 1 aromatic heterocycles. The molecule has 0 saturated carbocycles. The maximum atomic E-state index is 6.23. The second-order valence-electron chi connectivity index (χ2n) is 5.07. The van der Waals surface area contributed by atoms with Crippen LogP contribution in [-0.4, -0.2) is 21.6 Å². The zero-order valence-electron chi connectivity index (χ0n) is 12.1. The van der Waals surface area contributed by atoms with E-state index in [1.165, 1.54) is 10.5 Å². The summed E-state index contributed by atoms with van der Waals surface area (Å²) in [4.78, 5) is 1.26. The van der Waals surface area contributed by atoms with Crippen LogP contribution in [-0.2, 0) is 13.5 Å². The molecule has 2 N–H and O–H groups in total. The maximum Gasteiger partial charge on any atom is 0.130 e. The third-order valence-corrected chi connectivity index (χ3v) is 4.84. The molecule has 0 saturated heterocycles. The minimum atomic E-state index is 0.0703. The van der Waals surface area contributed by atoms with Gasteiger partial charge in [-0.2, -0.15) is 5.10 Å². The SMILES string of the molecule is Cc1cccc(SCC(N)Cc2c(C)nn(C)c2Cl)c1. The number of hydrogen-bond acceptors (Lipinski definition) is 3. The number of hydrogen-bond donors (Lipinski definition) is 1. The van der Waals surface area contributed by atoms with E-state index < -0.39 is 0 Å².